The van der Waals surface area contributed by atoms with Gasteiger partial charge in [-0.05, 0) is 18.6 Å². The smallest absolute Gasteiger partial charge is 0.211 e. The highest BCUT2D eigenvalue weighted by Gasteiger charge is 2.13. The van der Waals surface area contributed by atoms with Gasteiger partial charge >= 0.3 is 0 Å². The minimum Gasteiger partial charge on any atom is -0.369 e. The van der Waals surface area contributed by atoms with Crippen molar-refractivity contribution in [1.82, 2.24) is 14.3 Å². The first kappa shape index (κ1) is 15.7. The van der Waals surface area contributed by atoms with Crippen molar-refractivity contribution in [3.05, 3.63) is 30.6 Å². The number of hydrogen-bond acceptors (Lipinski definition) is 5. The van der Waals surface area contributed by atoms with Gasteiger partial charge in [0, 0.05) is 25.0 Å². The summed E-state index contributed by atoms with van der Waals surface area (Å²) in [5.74, 6) is 0.781. The number of nitrogens with zero attached hydrogens (tertiary/aromatic N) is 3. The molecule has 1 N–H and O–H groups in total. The molecule has 7 heteroatoms. The monoisotopic (exact) mass is 308 g/mol. The molecule has 6 nitrogen and oxygen atoms in total. The van der Waals surface area contributed by atoms with Crippen molar-refractivity contribution in [1.29, 1.82) is 0 Å². The lowest BCUT2D eigenvalue weighted by atomic mass is 10.2. The molecule has 1 aromatic heterocycles. The van der Waals surface area contributed by atoms with Crippen LogP contribution in [0.25, 0.3) is 10.9 Å². The second-order valence-corrected chi connectivity index (χ2v) is 6.76. The van der Waals surface area contributed by atoms with Crippen LogP contribution in [0.1, 0.15) is 13.3 Å². The number of para-hydroxylation sites is 1. The minimum atomic E-state index is -3.11. The fraction of sp³-hybridized carbons (Fsp3) is 0.429. The van der Waals surface area contributed by atoms with Gasteiger partial charge in [-0.25, -0.2) is 22.7 Å². The van der Waals surface area contributed by atoms with Crippen LogP contribution in [0.5, 0.6) is 0 Å². The summed E-state index contributed by atoms with van der Waals surface area (Å²) in [5, 5.41) is 4.21. The van der Waals surface area contributed by atoms with Crippen LogP contribution < -0.4 is 5.32 Å². The zero-order valence-corrected chi connectivity index (χ0v) is 13.1. The third-order valence-electron chi connectivity index (χ3n) is 3.24. The van der Waals surface area contributed by atoms with E-state index in [4.69, 9.17) is 0 Å². The van der Waals surface area contributed by atoms with Gasteiger partial charge in [-0.1, -0.05) is 19.1 Å². The maximum atomic E-state index is 11.5. The van der Waals surface area contributed by atoms with Crippen molar-refractivity contribution >= 4 is 26.7 Å². The zero-order valence-electron chi connectivity index (χ0n) is 12.3. The van der Waals surface area contributed by atoms with Gasteiger partial charge in [0.1, 0.15) is 12.1 Å². The molecule has 21 heavy (non-hydrogen) atoms. The van der Waals surface area contributed by atoms with Gasteiger partial charge in [-0.15, -0.1) is 0 Å². The zero-order chi connectivity index (χ0) is 15.3. The van der Waals surface area contributed by atoms with Gasteiger partial charge in [0.2, 0.25) is 10.0 Å². The van der Waals surface area contributed by atoms with E-state index in [0.29, 0.717) is 19.6 Å². The van der Waals surface area contributed by atoms with Gasteiger partial charge < -0.3 is 5.32 Å². The first-order valence-corrected chi connectivity index (χ1v) is 8.76. The fourth-order valence-electron chi connectivity index (χ4n) is 2.17. The molecular weight excluding hydrogens is 288 g/mol. The van der Waals surface area contributed by atoms with E-state index in [-0.39, 0.29) is 0 Å². The topological polar surface area (TPSA) is 75.2 Å². The highest BCUT2D eigenvalue weighted by Crippen LogP contribution is 2.18. The lowest BCUT2D eigenvalue weighted by Crippen LogP contribution is -2.31. The lowest BCUT2D eigenvalue weighted by Gasteiger charge is -2.17. The van der Waals surface area contributed by atoms with Gasteiger partial charge in [-0.2, -0.15) is 0 Å². The van der Waals surface area contributed by atoms with Crippen LogP contribution in [0.4, 0.5) is 5.82 Å². The lowest BCUT2D eigenvalue weighted by molar-refractivity contribution is 0.428. The van der Waals surface area contributed by atoms with E-state index in [1.807, 2.05) is 31.2 Å². The van der Waals surface area contributed by atoms with Crippen molar-refractivity contribution in [3.63, 3.8) is 0 Å². The van der Waals surface area contributed by atoms with E-state index < -0.39 is 10.0 Å². The predicted octanol–water partition coefficient (Wildman–Crippen LogP) is 1.71. The molecule has 0 saturated carbocycles. The number of nitrogens with one attached hydrogen (secondary N) is 1. The molecule has 0 bridgehead atoms. The molecule has 0 radical (unpaired) electrons. The van der Waals surface area contributed by atoms with Gasteiger partial charge in [0.15, 0.2) is 0 Å². The predicted molar refractivity (Wildman–Crippen MR) is 84.7 cm³/mol. The van der Waals surface area contributed by atoms with Gasteiger partial charge in [-0.3, -0.25) is 0 Å². The number of rotatable bonds is 7. The van der Waals surface area contributed by atoms with Crippen LogP contribution in [-0.2, 0) is 10.0 Å². The molecule has 2 rings (SSSR count). The summed E-state index contributed by atoms with van der Waals surface area (Å²) in [7, 11) is -3.11. The SMILES string of the molecule is CCN(CCCNc1ncnc2ccccc12)S(C)(=O)=O. The maximum absolute atomic E-state index is 11.5. The van der Waals surface area contributed by atoms with E-state index in [9.17, 15) is 8.42 Å². The normalized spacial score (nSPS) is 12.0. The minimum absolute atomic E-state index is 0.495. The quantitative estimate of drug-likeness (QED) is 0.788. The summed E-state index contributed by atoms with van der Waals surface area (Å²) < 4.78 is 24.4. The van der Waals surface area contributed by atoms with Gasteiger partial charge in [0.25, 0.3) is 0 Å². The molecule has 0 atom stereocenters. The molecule has 0 spiro atoms. The summed E-state index contributed by atoms with van der Waals surface area (Å²) in [6, 6.07) is 7.78. The van der Waals surface area contributed by atoms with Crippen molar-refractivity contribution in [2.24, 2.45) is 0 Å². The van der Waals surface area contributed by atoms with Crippen LogP contribution >= 0.6 is 0 Å². The first-order chi connectivity index (χ1) is 10.0. The highest BCUT2D eigenvalue weighted by molar-refractivity contribution is 7.88. The van der Waals surface area contributed by atoms with Crippen LogP contribution in [0.3, 0.4) is 0 Å². The van der Waals surface area contributed by atoms with Gasteiger partial charge in [0.05, 0.1) is 11.8 Å². The molecule has 1 aromatic carbocycles. The number of aromatic nitrogens is 2. The molecule has 0 saturated heterocycles. The van der Waals surface area contributed by atoms with Crippen molar-refractivity contribution < 1.29 is 8.42 Å². The molecule has 0 aliphatic rings. The molecule has 0 amide bonds. The maximum Gasteiger partial charge on any atom is 0.211 e. The number of benzene rings is 1. The van der Waals surface area contributed by atoms with Crippen molar-refractivity contribution in [2.75, 3.05) is 31.2 Å². The van der Waals surface area contributed by atoms with Crippen molar-refractivity contribution in [3.8, 4) is 0 Å². The Bertz CT molecular complexity index is 698. The Labute approximate surface area is 125 Å². The summed E-state index contributed by atoms with van der Waals surface area (Å²) in [5.41, 5.74) is 0.890. The van der Waals surface area contributed by atoms with E-state index >= 15 is 0 Å². The largest absolute Gasteiger partial charge is 0.369 e. The molecule has 114 valence electrons. The Morgan fingerprint density at radius 3 is 2.71 bits per heavy atom. The Kier molecular flexibility index (Phi) is 5.08. The molecule has 2 aromatic rings. The Balaban J connectivity index is 1.94. The molecular formula is C14H20N4O2S. The fourth-order valence-corrected chi connectivity index (χ4v) is 3.10. The number of anilines is 1. The summed E-state index contributed by atoms with van der Waals surface area (Å²) in [6.07, 6.45) is 3.49. The molecule has 0 aliphatic heterocycles. The number of sulfonamides is 1. The second kappa shape index (κ2) is 6.82. The van der Waals surface area contributed by atoms with E-state index in [2.05, 4.69) is 15.3 Å². The van der Waals surface area contributed by atoms with E-state index in [0.717, 1.165) is 23.1 Å². The molecule has 1 heterocycles. The first-order valence-electron chi connectivity index (χ1n) is 6.91. The standard InChI is InChI=1S/C14H20N4O2S/c1-3-18(21(2,19)20)10-6-9-15-14-12-7-4-5-8-13(12)16-11-17-14/h4-5,7-8,11H,3,6,9-10H2,1-2H3,(H,15,16,17). The third-order valence-corrected chi connectivity index (χ3v) is 4.62. The van der Waals surface area contributed by atoms with Crippen LogP contribution in [0.2, 0.25) is 0 Å². The Hall–Kier alpha value is -1.73. The van der Waals surface area contributed by atoms with Crippen molar-refractivity contribution in [2.45, 2.75) is 13.3 Å². The van der Waals surface area contributed by atoms with Crippen LogP contribution in [0.15, 0.2) is 30.6 Å². The summed E-state index contributed by atoms with van der Waals surface area (Å²) >= 11 is 0. The molecule has 0 aliphatic carbocycles. The van der Waals surface area contributed by atoms with E-state index in [1.165, 1.54) is 16.9 Å². The van der Waals surface area contributed by atoms with Crippen LogP contribution in [0, 0.1) is 0 Å². The van der Waals surface area contributed by atoms with E-state index in [1.54, 1.807) is 0 Å². The Morgan fingerprint density at radius 2 is 2.00 bits per heavy atom. The molecule has 0 fully saturated rings. The average Bonchev–Trinajstić information content (AvgIpc) is 2.46. The molecule has 0 unspecified atom stereocenters. The average molecular weight is 308 g/mol. The summed E-state index contributed by atoms with van der Waals surface area (Å²) in [6.45, 7) is 3.50. The third kappa shape index (κ3) is 4.12. The number of fused-ring (bicyclic) bond motifs is 1. The number of hydrogen-bond donors (Lipinski definition) is 1. The second-order valence-electron chi connectivity index (χ2n) is 4.77. The highest BCUT2D eigenvalue weighted by atomic mass is 32.2. The Morgan fingerprint density at radius 1 is 1.24 bits per heavy atom. The summed E-state index contributed by atoms with van der Waals surface area (Å²) in [4.78, 5) is 8.44. The van der Waals surface area contributed by atoms with Crippen LogP contribution in [-0.4, -0.2) is 48.6 Å².